The van der Waals surface area contributed by atoms with Gasteiger partial charge in [0.1, 0.15) is 0 Å². The Kier molecular flexibility index (Phi) is 5.22. The molecule has 1 unspecified atom stereocenters. The van der Waals surface area contributed by atoms with Crippen LogP contribution in [0.3, 0.4) is 0 Å². The smallest absolute Gasteiger partial charge is 0.304 e. The van der Waals surface area contributed by atoms with Gasteiger partial charge >= 0.3 is 5.97 Å². The van der Waals surface area contributed by atoms with Crippen LogP contribution < -0.4 is 0 Å². The zero-order valence-electron chi connectivity index (χ0n) is 10.4. The fourth-order valence-electron chi connectivity index (χ4n) is 1.42. The molecule has 98 valence electrons. The normalized spacial score (nSPS) is 12.1. The molecule has 0 aliphatic rings. The summed E-state index contributed by atoms with van der Waals surface area (Å²) in [6.45, 7) is 3.86. The molecule has 0 radical (unpaired) electrons. The van der Waals surface area contributed by atoms with Crippen molar-refractivity contribution in [1.29, 1.82) is 0 Å². The van der Waals surface area contributed by atoms with Crippen LogP contribution >= 0.6 is 0 Å². The van der Waals surface area contributed by atoms with E-state index in [2.05, 4.69) is 0 Å². The molecule has 0 spiro atoms. The van der Waals surface area contributed by atoms with Crippen LogP contribution in [-0.2, 0) is 15.6 Å². The maximum Gasteiger partial charge on any atom is 0.304 e. The van der Waals surface area contributed by atoms with E-state index in [1.54, 1.807) is 12.1 Å². The first-order chi connectivity index (χ1) is 8.40. The van der Waals surface area contributed by atoms with Gasteiger partial charge in [-0.1, -0.05) is 12.1 Å². The predicted octanol–water partition coefficient (Wildman–Crippen LogP) is 1.71. The first kappa shape index (κ1) is 14.6. The van der Waals surface area contributed by atoms with Crippen molar-refractivity contribution in [3.63, 3.8) is 0 Å². The first-order valence-corrected chi connectivity index (χ1v) is 7.06. The van der Waals surface area contributed by atoms with Gasteiger partial charge in [-0.15, -0.1) is 0 Å². The highest BCUT2D eigenvalue weighted by Crippen LogP contribution is 2.11. The van der Waals surface area contributed by atoms with Crippen molar-refractivity contribution in [1.82, 2.24) is 0 Å². The van der Waals surface area contributed by atoms with Crippen molar-refractivity contribution in [2.24, 2.45) is 0 Å². The van der Waals surface area contributed by atoms with Crippen LogP contribution in [0.2, 0.25) is 0 Å². The number of carboxylic acid groups (broad SMARTS) is 1. The lowest BCUT2D eigenvalue weighted by Crippen LogP contribution is -2.15. The number of carbonyl (C=O) groups excluding carboxylic acids is 1. The van der Waals surface area contributed by atoms with E-state index >= 15 is 0 Å². The largest absolute Gasteiger partial charge is 0.481 e. The summed E-state index contributed by atoms with van der Waals surface area (Å²) in [5.74, 6) is -1.30. The third kappa shape index (κ3) is 4.41. The third-order valence-electron chi connectivity index (χ3n) is 2.66. The lowest BCUT2D eigenvalue weighted by molar-refractivity contribution is -0.136. The molecular formula is C13H16O4S. The van der Waals surface area contributed by atoms with Gasteiger partial charge in [0.15, 0.2) is 5.78 Å². The Morgan fingerprint density at radius 2 is 1.89 bits per heavy atom. The second-order valence-corrected chi connectivity index (χ2v) is 5.73. The fraction of sp³-hybridized carbons (Fsp3) is 0.385. The predicted molar refractivity (Wildman–Crippen MR) is 70.4 cm³/mol. The van der Waals surface area contributed by atoms with Crippen LogP contribution in [0.1, 0.15) is 27.9 Å². The standard InChI is InChI=1S/C13H16O4S/c1-9-3-4-11(7-10(9)2)12(14)8-18(17)6-5-13(15)16/h3-4,7H,5-6,8H2,1-2H3,(H,15,16). The molecule has 0 bridgehead atoms. The zero-order chi connectivity index (χ0) is 13.7. The van der Waals surface area contributed by atoms with Crippen molar-refractivity contribution < 1.29 is 18.9 Å². The Morgan fingerprint density at radius 3 is 2.44 bits per heavy atom. The highest BCUT2D eigenvalue weighted by molar-refractivity contribution is 7.85. The Balaban J connectivity index is 2.62. The minimum Gasteiger partial charge on any atom is -0.481 e. The van der Waals surface area contributed by atoms with Gasteiger partial charge < -0.3 is 5.11 Å². The lowest BCUT2D eigenvalue weighted by Gasteiger charge is -2.04. The fourth-order valence-corrected chi connectivity index (χ4v) is 2.42. The summed E-state index contributed by atoms with van der Waals surface area (Å²) >= 11 is 0. The monoisotopic (exact) mass is 268 g/mol. The summed E-state index contributed by atoms with van der Waals surface area (Å²) < 4.78 is 11.5. The van der Waals surface area contributed by atoms with E-state index in [0.29, 0.717) is 5.56 Å². The molecule has 18 heavy (non-hydrogen) atoms. The molecule has 0 aliphatic heterocycles. The van der Waals surface area contributed by atoms with Crippen LogP contribution in [0.4, 0.5) is 0 Å². The van der Waals surface area contributed by atoms with Gasteiger partial charge in [-0.05, 0) is 31.0 Å². The van der Waals surface area contributed by atoms with Gasteiger partial charge in [-0.3, -0.25) is 13.8 Å². The molecule has 0 aromatic heterocycles. The van der Waals surface area contributed by atoms with E-state index in [1.165, 1.54) is 0 Å². The van der Waals surface area contributed by atoms with E-state index < -0.39 is 16.8 Å². The first-order valence-electron chi connectivity index (χ1n) is 5.57. The van der Waals surface area contributed by atoms with E-state index in [9.17, 15) is 13.8 Å². The molecule has 0 fully saturated rings. The Morgan fingerprint density at radius 1 is 1.22 bits per heavy atom. The average molecular weight is 268 g/mol. The number of ketones is 1. The number of aryl methyl sites for hydroxylation is 2. The molecule has 0 saturated carbocycles. The maximum absolute atomic E-state index is 11.8. The number of Topliss-reactive ketones (excluding diaryl/α,β-unsaturated/α-hetero) is 1. The highest BCUT2D eigenvalue weighted by Gasteiger charge is 2.12. The number of aliphatic carboxylic acids is 1. The molecule has 1 N–H and O–H groups in total. The molecule has 0 aliphatic carbocycles. The number of rotatable bonds is 6. The summed E-state index contributed by atoms with van der Waals surface area (Å²) in [4.78, 5) is 22.1. The van der Waals surface area contributed by atoms with Crippen LogP contribution in [-0.4, -0.2) is 32.6 Å². The summed E-state index contributed by atoms with van der Waals surface area (Å²) in [5, 5.41) is 8.46. The van der Waals surface area contributed by atoms with Crippen molar-refractivity contribution in [3.05, 3.63) is 34.9 Å². The SMILES string of the molecule is Cc1ccc(C(=O)CS(=O)CCC(=O)O)cc1C. The van der Waals surface area contributed by atoms with Crippen molar-refractivity contribution in [2.75, 3.05) is 11.5 Å². The Bertz CT molecular complexity index is 494. The Labute approximate surface area is 108 Å². The zero-order valence-corrected chi connectivity index (χ0v) is 11.3. The highest BCUT2D eigenvalue weighted by atomic mass is 32.2. The van der Waals surface area contributed by atoms with Gasteiger partial charge in [0, 0.05) is 22.1 Å². The van der Waals surface area contributed by atoms with Crippen LogP contribution in [0.5, 0.6) is 0 Å². The summed E-state index contributed by atoms with van der Waals surface area (Å²) in [6, 6.07) is 5.33. The van der Waals surface area contributed by atoms with E-state index in [0.717, 1.165) is 11.1 Å². The van der Waals surface area contributed by atoms with E-state index in [4.69, 9.17) is 5.11 Å². The molecule has 1 aromatic carbocycles. The number of carbonyl (C=O) groups is 2. The minimum absolute atomic E-state index is 0.0198. The van der Waals surface area contributed by atoms with Crippen molar-refractivity contribution in [2.45, 2.75) is 20.3 Å². The van der Waals surface area contributed by atoms with E-state index in [1.807, 2.05) is 19.9 Å². The lowest BCUT2D eigenvalue weighted by atomic mass is 10.0. The molecule has 0 heterocycles. The molecule has 0 saturated heterocycles. The van der Waals surface area contributed by atoms with Crippen molar-refractivity contribution in [3.8, 4) is 0 Å². The number of hydrogen-bond acceptors (Lipinski definition) is 3. The maximum atomic E-state index is 11.8. The summed E-state index contributed by atoms with van der Waals surface area (Å²) in [5.41, 5.74) is 2.64. The summed E-state index contributed by atoms with van der Waals surface area (Å²) in [6.07, 6.45) is -0.174. The Hall–Kier alpha value is -1.49. The molecule has 1 aromatic rings. The second-order valence-electron chi connectivity index (χ2n) is 4.15. The van der Waals surface area contributed by atoms with Crippen LogP contribution in [0.25, 0.3) is 0 Å². The van der Waals surface area contributed by atoms with E-state index in [-0.39, 0.29) is 23.7 Å². The molecular weight excluding hydrogens is 252 g/mol. The molecule has 4 nitrogen and oxygen atoms in total. The number of carboxylic acids is 1. The topological polar surface area (TPSA) is 71.4 Å². The van der Waals surface area contributed by atoms with Crippen LogP contribution in [0.15, 0.2) is 18.2 Å². The quantitative estimate of drug-likeness (QED) is 0.797. The van der Waals surface area contributed by atoms with Gasteiger partial charge in [-0.25, -0.2) is 0 Å². The molecule has 5 heteroatoms. The molecule has 1 rings (SSSR count). The van der Waals surface area contributed by atoms with Crippen molar-refractivity contribution >= 4 is 22.6 Å². The number of hydrogen-bond donors (Lipinski definition) is 1. The molecule has 0 amide bonds. The number of benzene rings is 1. The summed E-state index contributed by atoms with van der Waals surface area (Å²) in [7, 11) is -1.41. The third-order valence-corrected chi connectivity index (χ3v) is 3.91. The van der Waals surface area contributed by atoms with Gasteiger partial charge in [0.25, 0.3) is 0 Å². The minimum atomic E-state index is -1.41. The molecule has 1 atom stereocenters. The van der Waals surface area contributed by atoms with Gasteiger partial charge in [-0.2, -0.15) is 0 Å². The van der Waals surface area contributed by atoms with Gasteiger partial charge in [0.05, 0.1) is 12.2 Å². The van der Waals surface area contributed by atoms with Gasteiger partial charge in [0.2, 0.25) is 0 Å². The van der Waals surface area contributed by atoms with Crippen LogP contribution in [0, 0.1) is 13.8 Å². The average Bonchev–Trinajstić information content (AvgIpc) is 2.30. The second kappa shape index (κ2) is 6.44.